The van der Waals surface area contributed by atoms with E-state index in [1.807, 2.05) is 54.6 Å². The molecule has 5 N–H and O–H groups in total. The molecule has 2 atom stereocenters. The molecule has 2 heterocycles. The third-order valence-corrected chi connectivity index (χ3v) is 6.99. The summed E-state index contributed by atoms with van der Waals surface area (Å²) in [6, 6.07) is 22.6. The number of hydrogen-bond donors (Lipinski definition) is 4. The number of nitrogen functional groups attached to an aromatic ring is 1. The summed E-state index contributed by atoms with van der Waals surface area (Å²) in [6.07, 6.45) is 0.511. The number of carbonyl (C=O) groups is 3. The number of carbonyl (C=O) groups excluding carboxylic acids is 3. The van der Waals surface area contributed by atoms with Crippen LogP contribution >= 0.6 is 0 Å². The monoisotopic (exact) mass is 553 g/mol. The summed E-state index contributed by atoms with van der Waals surface area (Å²) in [7, 11) is 0. The van der Waals surface area contributed by atoms with E-state index >= 15 is 0 Å². The summed E-state index contributed by atoms with van der Waals surface area (Å²) >= 11 is 0. The molecule has 1 fully saturated rings. The van der Waals surface area contributed by atoms with Gasteiger partial charge in [0.25, 0.3) is 5.91 Å². The summed E-state index contributed by atoms with van der Waals surface area (Å²) in [5.41, 5.74) is 9.93. The molecule has 3 amide bonds. The lowest BCUT2D eigenvalue weighted by Crippen LogP contribution is -2.49. The molecule has 1 aromatic heterocycles. The highest BCUT2D eigenvalue weighted by atomic mass is 16.6. The van der Waals surface area contributed by atoms with Gasteiger partial charge in [-0.05, 0) is 81.1 Å². The Hall–Kier alpha value is -4.79. The fourth-order valence-corrected chi connectivity index (χ4v) is 5.08. The molecule has 4 aromatic rings. The number of nitrogens with zero attached hydrogens (tertiary/aromatic N) is 1. The van der Waals surface area contributed by atoms with Gasteiger partial charge >= 0.3 is 6.09 Å². The Bertz CT molecular complexity index is 1560. The molecule has 1 saturated heterocycles. The largest absolute Gasteiger partial charge is 0.444 e. The van der Waals surface area contributed by atoms with Gasteiger partial charge in [-0.15, -0.1) is 0 Å². The van der Waals surface area contributed by atoms with Gasteiger partial charge in [0, 0.05) is 34.5 Å². The van der Waals surface area contributed by atoms with Gasteiger partial charge in [0.1, 0.15) is 17.7 Å². The number of nitrogens with one attached hydrogen (secondary N) is 3. The Morgan fingerprint density at radius 1 is 1.00 bits per heavy atom. The number of H-pyrrole nitrogens is 1. The van der Waals surface area contributed by atoms with Crippen molar-refractivity contribution >= 4 is 40.2 Å². The number of benzene rings is 3. The first-order chi connectivity index (χ1) is 19.6. The Kier molecular flexibility index (Phi) is 7.70. The number of amides is 3. The number of anilines is 2. The molecule has 9 nitrogen and oxygen atoms in total. The third kappa shape index (κ3) is 6.51. The number of aromatic nitrogens is 1. The van der Waals surface area contributed by atoms with Gasteiger partial charge < -0.3 is 31.0 Å². The van der Waals surface area contributed by atoms with Crippen LogP contribution in [0.3, 0.4) is 0 Å². The number of nitrogens with two attached hydrogens (primary N) is 1. The summed E-state index contributed by atoms with van der Waals surface area (Å²) < 4.78 is 5.42. The van der Waals surface area contributed by atoms with E-state index in [1.165, 1.54) is 0 Å². The molecule has 9 heteroatoms. The Labute approximate surface area is 239 Å². The second kappa shape index (κ2) is 11.4. The summed E-state index contributed by atoms with van der Waals surface area (Å²) in [6.45, 7) is 5.70. The molecule has 0 unspecified atom stereocenters. The first-order valence-corrected chi connectivity index (χ1v) is 13.7. The average molecular weight is 554 g/mol. The van der Waals surface area contributed by atoms with Crippen molar-refractivity contribution in [1.82, 2.24) is 15.2 Å². The number of hydrogen-bond acceptors (Lipinski definition) is 5. The summed E-state index contributed by atoms with van der Waals surface area (Å²) in [5, 5.41) is 6.66. The second-order valence-corrected chi connectivity index (χ2v) is 11.3. The zero-order valence-electron chi connectivity index (χ0n) is 23.4. The first-order valence-electron chi connectivity index (χ1n) is 13.7. The molecule has 0 spiro atoms. The van der Waals surface area contributed by atoms with Crippen LogP contribution in [0.4, 0.5) is 16.2 Å². The summed E-state index contributed by atoms with van der Waals surface area (Å²) in [4.78, 5) is 44.9. The standard InChI is InChI=1S/C32H35N5O4/c1-32(2,3)41-31(40)36-28(21-8-5-4-6-9-21)30(39)37-17-7-10-27(37)29(38)34-24-15-16-25-22(18-24)19-26(35-25)20-11-13-23(33)14-12-20/h4-6,8-9,11-16,18-19,27-28,35H,7,10,17,33H2,1-3H3,(H,34,38)(H,36,40)/t27-,28+/m0/s1. The topological polar surface area (TPSA) is 130 Å². The van der Waals surface area contributed by atoms with Crippen LogP contribution in [0.1, 0.15) is 45.2 Å². The van der Waals surface area contributed by atoms with E-state index in [-0.39, 0.29) is 11.8 Å². The van der Waals surface area contributed by atoms with Crippen LogP contribution in [0.15, 0.2) is 78.9 Å². The van der Waals surface area contributed by atoms with E-state index in [2.05, 4.69) is 15.6 Å². The van der Waals surface area contributed by atoms with Crippen LogP contribution in [0.25, 0.3) is 22.2 Å². The number of ether oxygens (including phenoxy) is 1. The van der Waals surface area contributed by atoms with Crippen LogP contribution in [0, 0.1) is 0 Å². The maximum Gasteiger partial charge on any atom is 0.408 e. The minimum atomic E-state index is -0.984. The molecule has 0 aliphatic carbocycles. The van der Waals surface area contributed by atoms with E-state index in [4.69, 9.17) is 10.5 Å². The smallest absolute Gasteiger partial charge is 0.408 e. The quantitative estimate of drug-likeness (QED) is 0.231. The van der Waals surface area contributed by atoms with E-state index in [1.54, 1.807) is 49.9 Å². The maximum absolute atomic E-state index is 13.8. The van der Waals surface area contributed by atoms with Crippen molar-refractivity contribution in [3.63, 3.8) is 0 Å². The molecule has 1 aliphatic rings. The van der Waals surface area contributed by atoms with Gasteiger partial charge in [-0.25, -0.2) is 4.79 Å². The minimum Gasteiger partial charge on any atom is -0.444 e. The lowest BCUT2D eigenvalue weighted by Gasteiger charge is -2.29. The van der Waals surface area contributed by atoms with Crippen molar-refractivity contribution in [1.29, 1.82) is 0 Å². The number of rotatable bonds is 6. The maximum atomic E-state index is 13.8. The highest BCUT2D eigenvalue weighted by Gasteiger charge is 2.38. The third-order valence-electron chi connectivity index (χ3n) is 6.99. The van der Waals surface area contributed by atoms with Crippen LogP contribution in [-0.2, 0) is 14.3 Å². The van der Waals surface area contributed by atoms with Gasteiger partial charge in [0.05, 0.1) is 0 Å². The van der Waals surface area contributed by atoms with Gasteiger partial charge in [-0.1, -0.05) is 42.5 Å². The predicted octanol–water partition coefficient (Wildman–Crippen LogP) is 5.61. The minimum absolute atomic E-state index is 0.270. The molecule has 212 valence electrons. The van der Waals surface area contributed by atoms with Gasteiger partial charge in [0.15, 0.2) is 0 Å². The Morgan fingerprint density at radius 2 is 1.73 bits per heavy atom. The molecule has 0 bridgehead atoms. The van der Waals surface area contributed by atoms with Gasteiger partial charge in [-0.2, -0.15) is 0 Å². The molecule has 41 heavy (non-hydrogen) atoms. The zero-order chi connectivity index (χ0) is 29.1. The van der Waals surface area contributed by atoms with Crippen LogP contribution in [0.2, 0.25) is 0 Å². The van der Waals surface area contributed by atoms with Crippen LogP contribution < -0.4 is 16.4 Å². The molecular weight excluding hydrogens is 518 g/mol. The summed E-state index contributed by atoms with van der Waals surface area (Å²) in [5.74, 6) is -0.623. The number of aromatic amines is 1. The molecule has 3 aromatic carbocycles. The fraction of sp³-hybridized carbons (Fsp3) is 0.281. The SMILES string of the molecule is CC(C)(C)OC(=O)N[C@@H](C(=O)N1CCC[C@H]1C(=O)Nc1ccc2[nH]c(-c3ccc(N)cc3)cc2c1)c1ccccc1. The zero-order valence-corrected chi connectivity index (χ0v) is 23.4. The van der Waals surface area contributed by atoms with Crippen molar-refractivity contribution in [2.75, 3.05) is 17.6 Å². The van der Waals surface area contributed by atoms with Crippen molar-refractivity contribution in [2.24, 2.45) is 0 Å². The highest BCUT2D eigenvalue weighted by molar-refractivity contribution is 6.00. The van der Waals surface area contributed by atoms with Crippen LogP contribution in [-0.4, -0.2) is 46.0 Å². The van der Waals surface area contributed by atoms with Gasteiger partial charge in [-0.3, -0.25) is 9.59 Å². The Morgan fingerprint density at radius 3 is 2.44 bits per heavy atom. The lowest BCUT2D eigenvalue weighted by atomic mass is 10.0. The molecular formula is C32H35N5O4. The Balaban J connectivity index is 1.32. The normalized spacial score (nSPS) is 15.9. The average Bonchev–Trinajstić information content (AvgIpc) is 3.59. The predicted molar refractivity (Wildman–Crippen MR) is 160 cm³/mol. The van der Waals surface area contributed by atoms with E-state index in [0.29, 0.717) is 36.3 Å². The van der Waals surface area contributed by atoms with Gasteiger partial charge in [0.2, 0.25) is 5.91 Å². The van der Waals surface area contributed by atoms with Crippen LogP contribution in [0.5, 0.6) is 0 Å². The van der Waals surface area contributed by atoms with Crippen molar-refractivity contribution in [3.05, 3.63) is 84.4 Å². The fourth-order valence-electron chi connectivity index (χ4n) is 5.08. The van der Waals surface area contributed by atoms with Crippen molar-refractivity contribution in [2.45, 2.75) is 51.3 Å². The van der Waals surface area contributed by atoms with E-state index in [0.717, 1.165) is 22.2 Å². The highest BCUT2D eigenvalue weighted by Crippen LogP contribution is 2.29. The molecule has 0 radical (unpaired) electrons. The first kappa shape index (κ1) is 27.8. The molecule has 0 saturated carbocycles. The van der Waals surface area contributed by atoms with E-state index < -0.39 is 23.8 Å². The van der Waals surface area contributed by atoms with Crippen molar-refractivity contribution in [3.8, 4) is 11.3 Å². The number of alkyl carbamates (subject to hydrolysis) is 1. The van der Waals surface area contributed by atoms with Crippen molar-refractivity contribution < 1.29 is 19.1 Å². The van der Waals surface area contributed by atoms with E-state index in [9.17, 15) is 14.4 Å². The lowest BCUT2D eigenvalue weighted by molar-refractivity contribution is -0.138. The molecule has 1 aliphatic heterocycles. The number of fused-ring (bicyclic) bond motifs is 1. The molecule has 5 rings (SSSR count). The number of likely N-dealkylation sites (tertiary alicyclic amines) is 1. The second-order valence-electron chi connectivity index (χ2n) is 11.3.